The number of carbonyl (C=O) groups is 3. The highest BCUT2D eigenvalue weighted by Crippen LogP contribution is 2.38. The Morgan fingerprint density at radius 3 is 2.42 bits per heavy atom. The van der Waals surface area contributed by atoms with Crippen molar-refractivity contribution in [1.29, 1.82) is 0 Å². The second-order valence-corrected chi connectivity index (χ2v) is 11.3. The summed E-state index contributed by atoms with van der Waals surface area (Å²) in [5, 5.41) is 2.24. The van der Waals surface area contributed by atoms with Crippen molar-refractivity contribution < 1.29 is 23.9 Å². The smallest absolute Gasteiger partial charge is 0.294 e. The van der Waals surface area contributed by atoms with E-state index in [1.807, 2.05) is 50.2 Å². The molecule has 196 valence electrons. The van der Waals surface area contributed by atoms with Crippen LogP contribution in [0.3, 0.4) is 0 Å². The van der Waals surface area contributed by atoms with Crippen LogP contribution in [0.5, 0.6) is 11.5 Å². The molecule has 7 nitrogen and oxygen atoms in total. The van der Waals surface area contributed by atoms with Crippen molar-refractivity contribution in [1.82, 2.24) is 4.90 Å². The van der Waals surface area contributed by atoms with E-state index in [2.05, 4.69) is 37.2 Å². The maximum Gasteiger partial charge on any atom is 0.294 e. The van der Waals surface area contributed by atoms with E-state index in [4.69, 9.17) is 9.47 Å². The number of nitrogens with zero attached hydrogens (tertiary/aromatic N) is 1. The lowest BCUT2D eigenvalue weighted by molar-refractivity contribution is -0.127. The Bertz CT molecular complexity index is 1440. The Hall–Kier alpha value is -3.08. The third-order valence-electron chi connectivity index (χ3n) is 5.84. The molecule has 0 aromatic heterocycles. The number of hydrogen-bond acceptors (Lipinski definition) is 6. The van der Waals surface area contributed by atoms with Gasteiger partial charge in [0.05, 0.1) is 12.0 Å². The molecule has 1 aliphatic rings. The number of hydrogen-bond donors (Lipinski definition) is 1. The predicted molar refractivity (Wildman–Crippen MR) is 156 cm³/mol. The van der Waals surface area contributed by atoms with Gasteiger partial charge in [-0.1, -0.05) is 50.1 Å². The highest BCUT2D eigenvalue weighted by Gasteiger charge is 2.36. The first-order chi connectivity index (χ1) is 18.1. The molecular formula is C28H24Br2N2O5S. The summed E-state index contributed by atoms with van der Waals surface area (Å²) < 4.78 is 13.1. The SMILES string of the molecule is COc1cc(/C=C2/SC(=O)N(CC(=O)Nc3ccc(C)c(C)c3)C2=O)c(Br)cc1OCc1ccc(Br)cc1. The molecule has 1 heterocycles. The van der Waals surface area contributed by atoms with E-state index < -0.39 is 17.1 Å². The van der Waals surface area contributed by atoms with Gasteiger partial charge in [-0.3, -0.25) is 19.3 Å². The number of ether oxygens (including phenoxy) is 2. The molecule has 3 aromatic rings. The van der Waals surface area contributed by atoms with Crippen LogP contribution in [0.4, 0.5) is 10.5 Å². The lowest BCUT2D eigenvalue weighted by Crippen LogP contribution is -2.36. The minimum Gasteiger partial charge on any atom is -0.493 e. The van der Waals surface area contributed by atoms with Gasteiger partial charge in [0.1, 0.15) is 13.2 Å². The van der Waals surface area contributed by atoms with Crippen molar-refractivity contribution in [3.8, 4) is 11.5 Å². The maximum absolute atomic E-state index is 13.0. The normalized spacial score (nSPS) is 14.2. The van der Waals surface area contributed by atoms with Gasteiger partial charge < -0.3 is 14.8 Å². The monoisotopic (exact) mass is 658 g/mol. The fraction of sp³-hybridized carbons (Fsp3) is 0.179. The number of carbonyl (C=O) groups excluding carboxylic acids is 3. The minimum atomic E-state index is -0.531. The molecule has 10 heteroatoms. The standard InChI is InChI=1S/C28H24Br2N2O5S/c1-16-4-9-21(10-17(16)2)31-26(33)14-32-27(34)25(38-28(32)35)12-19-11-23(36-3)24(13-22(19)30)37-15-18-5-7-20(29)8-6-18/h4-13H,14-15H2,1-3H3,(H,31,33)/b25-12+. The van der Waals surface area contributed by atoms with Crippen LogP contribution in [0.1, 0.15) is 22.3 Å². The zero-order valence-electron chi connectivity index (χ0n) is 20.8. The van der Waals surface area contributed by atoms with E-state index in [0.717, 1.165) is 37.8 Å². The summed E-state index contributed by atoms with van der Waals surface area (Å²) in [4.78, 5) is 39.2. The first kappa shape index (κ1) is 27.9. The van der Waals surface area contributed by atoms with Crippen LogP contribution >= 0.6 is 43.6 Å². The molecule has 38 heavy (non-hydrogen) atoms. The number of amides is 3. The Labute approximate surface area is 241 Å². The summed E-state index contributed by atoms with van der Waals surface area (Å²) in [6.07, 6.45) is 1.59. The fourth-order valence-electron chi connectivity index (χ4n) is 3.62. The molecule has 1 saturated heterocycles. The molecule has 0 bridgehead atoms. The van der Waals surface area contributed by atoms with Crippen LogP contribution in [-0.2, 0) is 16.2 Å². The zero-order chi connectivity index (χ0) is 27.4. The summed E-state index contributed by atoms with van der Waals surface area (Å²) >= 11 is 7.72. The van der Waals surface area contributed by atoms with Gasteiger partial charge in [0.25, 0.3) is 11.1 Å². The molecule has 0 atom stereocenters. The van der Waals surface area contributed by atoms with E-state index in [-0.39, 0.29) is 11.4 Å². The molecule has 1 N–H and O–H groups in total. The van der Waals surface area contributed by atoms with Crippen LogP contribution in [0.15, 0.2) is 68.4 Å². The molecule has 0 radical (unpaired) electrons. The Kier molecular flexibility index (Phi) is 8.96. The number of aryl methyl sites for hydroxylation is 2. The molecule has 0 unspecified atom stereocenters. The topological polar surface area (TPSA) is 84.9 Å². The summed E-state index contributed by atoms with van der Waals surface area (Å²) in [7, 11) is 1.53. The van der Waals surface area contributed by atoms with Crippen molar-refractivity contribution in [2.45, 2.75) is 20.5 Å². The molecule has 1 fully saturated rings. The van der Waals surface area contributed by atoms with Crippen LogP contribution in [-0.4, -0.2) is 35.6 Å². The first-order valence-corrected chi connectivity index (χ1v) is 13.9. The highest BCUT2D eigenvalue weighted by molar-refractivity contribution is 9.10. The lowest BCUT2D eigenvalue weighted by atomic mass is 10.1. The van der Waals surface area contributed by atoms with Gasteiger partial charge >= 0.3 is 0 Å². The number of rotatable bonds is 8. The van der Waals surface area contributed by atoms with E-state index in [1.165, 1.54) is 7.11 Å². The Balaban J connectivity index is 1.46. The summed E-state index contributed by atoms with van der Waals surface area (Å²) in [6.45, 7) is 3.90. The second kappa shape index (κ2) is 12.2. The fourth-order valence-corrected chi connectivity index (χ4v) is 5.15. The second-order valence-electron chi connectivity index (χ2n) is 8.55. The van der Waals surface area contributed by atoms with Gasteiger partial charge in [-0.15, -0.1) is 0 Å². The van der Waals surface area contributed by atoms with Crippen LogP contribution in [0, 0.1) is 13.8 Å². The van der Waals surface area contributed by atoms with Gasteiger partial charge in [0.15, 0.2) is 11.5 Å². The summed E-state index contributed by atoms with van der Waals surface area (Å²) in [6, 6.07) is 16.8. The minimum absolute atomic E-state index is 0.209. The largest absolute Gasteiger partial charge is 0.493 e. The molecule has 4 rings (SSSR count). The van der Waals surface area contributed by atoms with Gasteiger partial charge in [-0.05, 0) is 90.3 Å². The van der Waals surface area contributed by atoms with E-state index in [1.54, 1.807) is 24.3 Å². The van der Waals surface area contributed by atoms with E-state index >= 15 is 0 Å². The van der Waals surface area contributed by atoms with Gasteiger partial charge in [-0.25, -0.2) is 0 Å². The van der Waals surface area contributed by atoms with Gasteiger partial charge in [0, 0.05) is 14.6 Å². The number of benzene rings is 3. The third-order valence-corrected chi connectivity index (χ3v) is 7.97. The molecule has 0 saturated carbocycles. The molecule has 0 spiro atoms. The highest BCUT2D eigenvalue weighted by atomic mass is 79.9. The third kappa shape index (κ3) is 6.67. The van der Waals surface area contributed by atoms with Crippen LogP contribution in [0.25, 0.3) is 6.08 Å². The molecular weight excluding hydrogens is 636 g/mol. The van der Waals surface area contributed by atoms with Gasteiger partial charge in [0.2, 0.25) is 5.91 Å². The quantitative estimate of drug-likeness (QED) is 0.260. The van der Waals surface area contributed by atoms with Crippen LogP contribution < -0.4 is 14.8 Å². The average molecular weight is 660 g/mol. The van der Waals surface area contributed by atoms with Crippen molar-refractivity contribution >= 4 is 72.4 Å². The molecule has 0 aliphatic carbocycles. The zero-order valence-corrected chi connectivity index (χ0v) is 24.8. The van der Waals surface area contributed by atoms with Crippen molar-refractivity contribution in [3.05, 3.63) is 90.7 Å². The maximum atomic E-state index is 13.0. The van der Waals surface area contributed by atoms with E-state index in [9.17, 15) is 14.4 Å². The summed E-state index contributed by atoms with van der Waals surface area (Å²) in [5.41, 5.74) is 4.36. The average Bonchev–Trinajstić information content (AvgIpc) is 3.14. The number of imide groups is 1. The van der Waals surface area contributed by atoms with Gasteiger partial charge in [-0.2, -0.15) is 0 Å². The van der Waals surface area contributed by atoms with E-state index in [0.29, 0.717) is 33.8 Å². The van der Waals surface area contributed by atoms with Crippen molar-refractivity contribution in [2.75, 3.05) is 19.0 Å². The molecule has 1 aliphatic heterocycles. The van der Waals surface area contributed by atoms with Crippen molar-refractivity contribution in [2.24, 2.45) is 0 Å². The Morgan fingerprint density at radius 2 is 1.74 bits per heavy atom. The van der Waals surface area contributed by atoms with Crippen molar-refractivity contribution in [3.63, 3.8) is 0 Å². The molecule has 3 amide bonds. The predicted octanol–water partition coefficient (Wildman–Crippen LogP) is 7.09. The number of thioether (sulfide) groups is 1. The Morgan fingerprint density at radius 1 is 1.00 bits per heavy atom. The molecule has 3 aromatic carbocycles. The summed E-state index contributed by atoms with van der Waals surface area (Å²) in [5.74, 6) is 0.0164. The number of halogens is 2. The first-order valence-electron chi connectivity index (χ1n) is 11.5. The van der Waals surface area contributed by atoms with Crippen LogP contribution in [0.2, 0.25) is 0 Å². The lowest BCUT2D eigenvalue weighted by Gasteiger charge is -2.14. The number of methoxy groups -OCH3 is 1. The number of anilines is 1. The number of nitrogens with one attached hydrogen (secondary N) is 1.